The fourth-order valence-electron chi connectivity index (χ4n) is 4.03. The van der Waals surface area contributed by atoms with E-state index in [2.05, 4.69) is 41.9 Å². The first-order valence-electron chi connectivity index (χ1n) is 9.76. The highest BCUT2D eigenvalue weighted by molar-refractivity contribution is 6.01. The number of methoxy groups -OCH3 is 1. The summed E-state index contributed by atoms with van der Waals surface area (Å²) >= 11 is 0. The smallest absolute Gasteiger partial charge is 0.270 e. The van der Waals surface area contributed by atoms with Crippen molar-refractivity contribution in [2.45, 2.75) is 20.8 Å². The minimum atomic E-state index is 0.0771. The Bertz CT molecular complexity index is 1030. The minimum absolute atomic E-state index is 0.0771. The monoisotopic (exact) mass is 377 g/mol. The number of carbonyl (C=O) groups is 1. The number of nitrogens with zero attached hydrogens (tertiary/aromatic N) is 2. The van der Waals surface area contributed by atoms with Crippen LogP contribution in [0.5, 0.6) is 5.75 Å². The summed E-state index contributed by atoms with van der Waals surface area (Å²) in [5.41, 5.74) is 6.54. The summed E-state index contributed by atoms with van der Waals surface area (Å²) in [6, 6.07) is 12.3. The Labute approximate surface area is 165 Å². The normalized spacial score (nSPS) is 14.6. The van der Waals surface area contributed by atoms with Crippen molar-refractivity contribution in [2.24, 2.45) is 0 Å². The molecule has 3 aromatic rings. The molecule has 0 saturated carbocycles. The van der Waals surface area contributed by atoms with Gasteiger partial charge < -0.3 is 19.5 Å². The summed E-state index contributed by atoms with van der Waals surface area (Å²) in [6.45, 7) is 9.47. The third kappa shape index (κ3) is 3.11. The van der Waals surface area contributed by atoms with Crippen LogP contribution < -0.4 is 9.64 Å². The molecule has 1 amide bonds. The molecule has 0 unspecified atom stereocenters. The molecule has 5 heteroatoms. The number of ether oxygens (including phenoxy) is 1. The van der Waals surface area contributed by atoms with Gasteiger partial charge in [0.05, 0.1) is 7.11 Å². The molecule has 0 atom stereocenters. The van der Waals surface area contributed by atoms with Gasteiger partial charge in [-0.05, 0) is 61.7 Å². The molecule has 0 aliphatic carbocycles. The number of hydrogen-bond donors (Lipinski definition) is 1. The SMILES string of the molecule is COc1ccc2[nH]c(C(=O)N3CCN(c4cccc(C)c4C)CC3)c(C)c2c1. The molecule has 0 spiro atoms. The number of benzene rings is 2. The quantitative estimate of drug-likeness (QED) is 0.749. The Morgan fingerprint density at radius 3 is 2.46 bits per heavy atom. The fourth-order valence-corrected chi connectivity index (χ4v) is 4.03. The van der Waals surface area contributed by atoms with Crippen LogP contribution in [0.2, 0.25) is 0 Å². The predicted octanol–water partition coefficient (Wildman–Crippen LogP) is 4.06. The van der Waals surface area contributed by atoms with E-state index in [1.165, 1.54) is 16.8 Å². The van der Waals surface area contributed by atoms with Gasteiger partial charge in [0, 0.05) is 42.8 Å². The average molecular weight is 377 g/mol. The summed E-state index contributed by atoms with van der Waals surface area (Å²) < 4.78 is 5.32. The zero-order valence-corrected chi connectivity index (χ0v) is 17.0. The third-order valence-corrected chi connectivity index (χ3v) is 5.96. The van der Waals surface area contributed by atoms with Crippen molar-refractivity contribution in [1.29, 1.82) is 0 Å². The van der Waals surface area contributed by atoms with E-state index in [1.807, 2.05) is 30.0 Å². The lowest BCUT2D eigenvalue weighted by Gasteiger charge is -2.37. The first-order valence-corrected chi connectivity index (χ1v) is 9.76. The van der Waals surface area contributed by atoms with Crippen LogP contribution in [0.15, 0.2) is 36.4 Å². The molecule has 146 valence electrons. The van der Waals surface area contributed by atoms with E-state index in [1.54, 1.807) is 7.11 Å². The number of aromatic nitrogens is 1. The number of aromatic amines is 1. The number of amides is 1. The molecular formula is C23H27N3O2. The highest BCUT2D eigenvalue weighted by atomic mass is 16.5. The van der Waals surface area contributed by atoms with Crippen molar-refractivity contribution < 1.29 is 9.53 Å². The van der Waals surface area contributed by atoms with Crippen LogP contribution in [0.25, 0.3) is 10.9 Å². The number of carbonyl (C=O) groups excluding carboxylic acids is 1. The van der Waals surface area contributed by atoms with E-state index in [0.717, 1.165) is 48.4 Å². The number of fused-ring (bicyclic) bond motifs is 1. The summed E-state index contributed by atoms with van der Waals surface area (Å²) in [6.07, 6.45) is 0. The third-order valence-electron chi connectivity index (χ3n) is 5.96. The highest BCUT2D eigenvalue weighted by Crippen LogP contribution is 2.28. The van der Waals surface area contributed by atoms with E-state index in [9.17, 15) is 4.79 Å². The standard InChI is InChI=1S/C23H27N3O2/c1-15-6-5-7-21(16(15)2)25-10-12-26(13-11-25)23(27)22-17(3)19-14-18(28-4)8-9-20(19)24-22/h5-9,14,24H,10-13H2,1-4H3. The molecule has 0 radical (unpaired) electrons. The molecule has 2 heterocycles. The number of H-pyrrole nitrogens is 1. The second-order valence-electron chi connectivity index (χ2n) is 7.53. The van der Waals surface area contributed by atoms with Gasteiger partial charge in [0.2, 0.25) is 0 Å². The zero-order chi connectivity index (χ0) is 19.8. The summed E-state index contributed by atoms with van der Waals surface area (Å²) in [4.78, 5) is 20.8. The molecule has 4 rings (SSSR count). The van der Waals surface area contributed by atoms with Crippen molar-refractivity contribution in [3.8, 4) is 5.75 Å². The van der Waals surface area contributed by atoms with Gasteiger partial charge in [0.25, 0.3) is 5.91 Å². The summed E-state index contributed by atoms with van der Waals surface area (Å²) in [5.74, 6) is 0.879. The van der Waals surface area contributed by atoms with Crippen LogP contribution in [-0.4, -0.2) is 49.1 Å². The lowest BCUT2D eigenvalue weighted by atomic mass is 10.1. The molecule has 28 heavy (non-hydrogen) atoms. The first kappa shape index (κ1) is 18.4. The molecule has 1 saturated heterocycles. The van der Waals surface area contributed by atoms with Gasteiger partial charge in [0.15, 0.2) is 0 Å². The number of hydrogen-bond acceptors (Lipinski definition) is 3. The molecule has 1 aromatic heterocycles. The molecule has 1 aliphatic rings. The highest BCUT2D eigenvalue weighted by Gasteiger charge is 2.26. The molecule has 1 aliphatic heterocycles. The minimum Gasteiger partial charge on any atom is -0.497 e. The van der Waals surface area contributed by atoms with Gasteiger partial charge in [-0.15, -0.1) is 0 Å². The first-order chi connectivity index (χ1) is 13.5. The predicted molar refractivity (Wildman–Crippen MR) is 114 cm³/mol. The number of nitrogens with one attached hydrogen (secondary N) is 1. The summed E-state index contributed by atoms with van der Waals surface area (Å²) in [7, 11) is 1.66. The van der Waals surface area contributed by atoms with Gasteiger partial charge in [0.1, 0.15) is 11.4 Å². The molecular weight excluding hydrogens is 350 g/mol. The van der Waals surface area contributed by atoms with Gasteiger partial charge >= 0.3 is 0 Å². The molecule has 5 nitrogen and oxygen atoms in total. The number of piperazine rings is 1. The van der Waals surface area contributed by atoms with Gasteiger partial charge in [-0.1, -0.05) is 12.1 Å². The Kier molecular flexibility index (Phi) is 4.75. The zero-order valence-electron chi connectivity index (χ0n) is 17.0. The van der Waals surface area contributed by atoms with Crippen LogP contribution in [0.4, 0.5) is 5.69 Å². The Morgan fingerprint density at radius 1 is 1.00 bits per heavy atom. The van der Waals surface area contributed by atoms with Crippen LogP contribution in [0.1, 0.15) is 27.2 Å². The Morgan fingerprint density at radius 2 is 1.75 bits per heavy atom. The van der Waals surface area contributed by atoms with Crippen molar-refractivity contribution in [2.75, 3.05) is 38.2 Å². The van der Waals surface area contributed by atoms with E-state index < -0.39 is 0 Å². The fraction of sp³-hybridized carbons (Fsp3) is 0.348. The molecule has 1 N–H and O–H groups in total. The molecule has 1 fully saturated rings. The maximum Gasteiger partial charge on any atom is 0.270 e. The average Bonchev–Trinajstić information content (AvgIpc) is 3.05. The number of aryl methyl sites for hydroxylation is 2. The van der Waals surface area contributed by atoms with Crippen LogP contribution in [-0.2, 0) is 0 Å². The van der Waals surface area contributed by atoms with Gasteiger partial charge in [-0.3, -0.25) is 4.79 Å². The lowest BCUT2D eigenvalue weighted by molar-refractivity contribution is 0.0741. The van der Waals surface area contributed by atoms with Gasteiger partial charge in [-0.25, -0.2) is 0 Å². The topological polar surface area (TPSA) is 48.6 Å². The molecule has 2 aromatic carbocycles. The molecule has 0 bridgehead atoms. The number of rotatable bonds is 3. The van der Waals surface area contributed by atoms with Crippen LogP contribution in [0, 0.1) is 20.8 Å². The van der Waals surface area contributed by atoms with E-state index in [4.69, 9.17) is 4.74 Å². The van der Waals surface area contributed by atoms with E-state index in [-0.39, 0.29) is 5.91 Å². The van der Waals surface area contributed by atoms with E-state index >= 15 is 0 Å². The van der Waals surface area contributed by atoms with Crippen molar-refractivity contribution in [3.05, 3.63) is 58.8 Å². The number of anilines is 1. The maximum atomic E-state index is 13.2. The van der Waals surface area contributed by atoms with Gasteiger partial charge in [-0.2, -0.15) is 0 Å². The second-order valence-corrected chi connectivity index (χ2v) is 7.53. The van der Waals surface area contributed by atoms with Crippen molar-refractivity contribution >= 4 is 22.5 Å². The maximum absolute atomic E-state index is 13.2. The largest absolute Gasteiger partial charge is 0.497 e. The van der Waals surface area contributed by atoms with Crippen LogP contribution >= 0.6 is 0 Å². The second kappa shape index (κ2) is 7.23. The van der Waals surface area contributed by atoms with Crippen molar-refractivity contribution in [3.63, 3.8) is 0 Å². The summed E-state index contributed by atoms with van der Waals surface area (Å²) in [5, 5.41) is 1.04. The van der Waals surface area contributed by atoms with E-state index in [0.29, 0.717) is 5.69 Å². The lowest BCUT2D eigenvalue weighted by Crippen LogP contribution is -2.49. The van der Waals surface area contributed by atoms with Crippen LogP contribution in [0.3, 0.4) is 0 Å². The van der Waals surface area contributed by atoms with Crippen molar-refractivity contribution in [1.82, 2.24) is 9.88 Å². The Hall–Kier alpha value is -2.95. The Balaban J connectivity index is 1.52.